The molecule has 0 spiro atoms. The molecular formula is C32H62NO9P. The topological polar surface area (TPSA) is 148 Å². The lowest BCUT2D eigenvalue weighted by Crippen LogP contribution is -2.29. The highest BCUT2D eigenvalue weighted by atomic mass is 31.2. The van der Waals surface area contributed by atoms with Gasteiger partial charge in [0, 0.05) is 26.3 Å². The summed E-state index contributed by atoms with van der Waals surface area (Å²) >= 11 is 0. The van der Waals surface area contributed by atoms with Crippen LogP contribution in [0.5, 0.6) is 0 Å². The lowest BCUT2D eigenvalue weighted by molar-refractivity contribution is -0.161. The highest BCUT2D eigenvalue weighted by Crippen LogP contribution is 2.36. The fraction of sp³-hybridized carbons (Fsp3) is 0.906. The lowest BCUT2D eigenvalue weighted by atomic mass is 10.0. The molecule has 254 valence electrons. The average Bonchev–Trinajstić information content (AvgIpc) is 2.95. The second-order valence-corrected chi connectivity index (χ2v) is 12.9. The minimum Gasteiger partial charge on any atom is -0.462 e. The number of rotatable bonds is 31. The van der Waals surface area contributed by atoms with E-state index in [4.69, 9.17) is 19.3 Å². The van der Waals surface area contributed by atoms with Crippen LogP contribution in [-0.2, 0) is 32.9 Å². The first-order valence-corrected chi connectivity index (χ1v) is 18.5. The average molecular weight is 636 g/mol. The van der Waals surface area contributed by atoms with Crippen molar-refractivity contribution in [2.45, 2.75) is 168 Å². The van der Waals surface area contributed by atoms with Crippen LogP contribution in [0.25, 0.3) is 0 Å². The molecule has 0 aliphatic rings. The molecule has 11 heteroatoms. The van der Waals surface area contributed by atoms with E-state index in [1.165, 1.54) is 58.3 Å². The van der Waals surface area contributed by atoms with Gasteiger partial charge in [0.2, 0.25) is 5.91 Å². The maximum atomic E-state index is 12.3. The molecule has 0 aromatic rings. The number of hydrogen-bond acceptors (Lipinski definition) is 7. The Morgan fingerprint density at radius 1 is 0.628 bits per heavy atom. The number of esters is 2. The first-order chi connectivity index (χ1) is 20.6. The minimum absolute atomic E-state index is 0.0151. The van der Waals surface area contributed by atoms with Gasteiger partial charge in [-0.05, 0) is 19.3 Å². The molecule has 1 amide bonds. The highest BCUT2D eigenvalue weighted by molar-refractivity contribution is 7.46. The van der Waals surface area contributed by atoms with E-state index >= 15 is 0 Å². The van der Waals surface area contributed by atoms with Gasteiger partial charge in [0.1, 0.15) is 6.61 Å². The SMILES string of the molecule is CCCCCCCCCCCCCCC(=O)O[C@@H](COC(=O)CCCCCCCCCCCNC(C)=O)COP(=O)(O)O. The van der Waals surface area contributed by atoms with Crippen molar-refractivity contribution in [3.8, 4) is 0 Å². The zero-order chi connectivity index (χ0) is 32.0. The lowest BCUT2D eigenvalue weighted by Gasteiger charge is -2.18. The van der Waals surface area contributed by atoms with E-state index in [-0.39, 0.29) is 25.4 Å². The minimum atomic E-state index is -4.75. The number of carbonyl (C=O) groups excluding carboxylic acids is 3. The summed E-state index contributed by atoms with van der Waals surface area (Å²) in [5.41, 5.74) is 0. The Morgan fingerprint density at radius 2 is 1.05 bits per heavy atom. The summed E-state index contributed by atoms with van der Waals surface area (Å²) in [4.78, 5) is 53.3. The molecule has 0 aliphatic carbocycles. The Kier molecular flexibility index (Phi) is 28.2. The summed E-state index contributed by atoms with van der Waals surface area (Å²) in [6.45, 7) is 3.65. The summed E-state index contributed by atoms with van der Waals surface area (Å²) in [5, 5.41) is 2.80. The summed E-state index contributed by atoms with van der Waals surface area (Å²) < 4.78 is 26.2. The van der Waals surface area contributed by atoms with E-state index < -0.39 is 32.5 Å². The van der Waals surface area contributed by atoms with Crippen LogP contribution in [0.3, 0.4) is 0 Å². The van der Waals surface area contributed by atoms with Crippen LogP contribution >= 0.6 is 7.82 Å². The molecule has 0 aromatic carbocycles. The highest BCUT2D eigenvalue weighted by Gasteiger charge is 2.22. The zero-order valence-corrected chi connectivity index (χ0v) is 28.1. The number of nitrogens with one attached hydrogen (secondary N) is 1. The summed E-state index contributed by atoms with van der Waals surface area (Å²) in [5.74, 6) is -0.909. The molecule has 0 fully saturated rings. The fourth-order valence-corrected chi connectivity index (χ4v) is 5.17. The smallest absolute Gasteiger partial charge is 0.462 e. The molecule has 0 rings (SSSR count). The van der Waals surface area contributed by atoms with E-state index in [9.17, 15) is 18.9 Å². The number of carbonyl (C=O) groups is 3. The van der Waals surface area contributed by atoms with Gasteiger partial charge in [0.15, 0.2) is 6.10 Å². The van der Waals surface area contributed by atoms with Crippen molar-refractivity contribution in [1.29, 1.82) is 0 Å². The Balaban J connectivity index is 3.97. The predicted molar refractivity (Wildman–Crippen MR) is 169 cm³/mol. The molecule has 10 nitrogen and oxygen atoms in total. The van der Waals surface area contributed by atoms with E-state index in [0.29, 0.717) is 12.8 Å². The summed E-state index contributed by atoms with van der Waals surface area (Å²) in [7, 11) is -4.75. The third-order valence-electron chi connectivity index (χ3n) is 7.32. The van der Waals surface area contributed by atoms with Gasteiger partial charge < -0.3 is 24.6 Å². The molecule has 0 saturated heterocycles. The number of phosphoric acid groups is 1. The van der Waals surface area contributed by atoms with Gasteiger partial charge in [-0.25, -0.2) is 4.57 Å². The standard InChI is InChI=1S/C32H62NO9P/c1-3-4-5-6-7-8-9-10-12-16-19-22-25-32(36)42-30(28-41-43(37,38)39)27-40-31(35)24-21-18-15-13-11-14-17-20-23-26-33-29(2)34/h30H,3-28H2,1-2H3,(H,33,34)(H2,37,38,39)/t30-/m0/s1. The van der Waals surface area contributed by atoms with Crippen molar-refractivity contribution < 1.29 is 42.7 Å². The molecule has 43 heavy (non-hydrogen) atoms. The molecule has 0 unspecified atom stereocenters. The Morgan fingerprint density at radius 3 is 1.49 bits per heavy atom. The van der Waals surface area contributed by atoms with E-state index in [2.05, 4.69) is 16.8 Å². The van der Waals surface area contributed by atoms with E-state index in [1.807, 2.05) is 0 Å². The predicted octanol–water partition coefficient (Wildman–Crippen LogP) is 7.68. The number of ether oxygens (including phenoxy) is 2. The van der Waals surface area contributed by atoms with Crippen molar-refractivity contribution in [3.63, 3.8) is 0 Å². The van der Waals surface area contributed by atoms with Crippen molar-refractivity contribution in [2.24, 2.45) is 0 Å². The molecule has 0 aliphatic heterocycles. The van der Waals surface area contributed by atoms with Gasteiger partial charge in [0.25, 0.3) is 0 Å². The zero-order valence-electron chi connectivity index (χ0n) is 27.2. The molecule has 0 bridgehead atoms. The first kappa shape index (κ1) is 41.5. The largest absolute Gasteiger partial charge is 0.469 e. The third-order valence-corrected chi connectivity index (χ3v) is 7.81. The monoisotopic (exact) mass is 635 g/mol. The van der Waals surface area contributed by atoms with Crippen LogP contribution in [0.2, 0.25) is 0 Å². The van der Waals surface area contributed by atoms with Crippen LogP contribution in [0, 0.1) is 0 Å². The molecule has 0 heterocycles. The number of amides is 1. The van der Waals surface area contributed by atoms with Crippen LogP contribution in [0.15, 0.2) is 0 Å². The summed E-state index contributed by atoms with van der Waals surface area (Å²) in [6, 6.07) is 0. The van der Waals surface area contributed by atoms with Gasteiger partial charge in [-0.3, -0.25) is 18.9 Å². The van der Waals surface area contributed by atoms with Gasteiger partial charge in [0.05, 0.1) is 6.61 Å². The molecule has 1 atom stereocenters. The third kappa shape index (κ3) is 33.3. The number of hydrogen-bond donors (Lipinski definition) is 3. The van der Waals surface area contributed by atoms with Gasteiger partial charge >= 0.3 is 19.8 Å². The molecule has 0 saturated carbocycles. The van der Waals surface area contributed by atoms with Crippen molar-refractivity contribution in [2.75, 3.05) is 19.8 Å². The Labute approximate surface area is 261 Å². The van der Waals surface area contributed by atoms with Crippen molar-refractivity contribution in [1.82, 2.24) is 5.32 Å². The quantitative estimate of drug-likeness (QED) is 0.0396. The molecular weight excluding hydrogens is 573 g/mol. The van der Waals surface area contributed by atoms with E-state index in [1.54, 1.807) is 0 Å². The van der Waals surface area contributed by atoms with Gasteiger partial charge in [-0.2, -0.15) is 0 Å². The van der Waals surface area contributed by atoms with Gasteiger partial charge in [-0.1, -0.05) is 122 Å². The van der Waals surface area contributed by atoms with E-state index in [0.717, 1.165) is 77.2 Å². The second kappa shape index (κ2) is 29.2. The maximum Gasteiger partial charge on any atom is 0.469 e. The van der Waals surface area contributed by atoms with Crippen LogP contribution in [0.4, 0.5) is 0 Å². The summed E-state index contributed by atoms with van der Waals surface area (Å²) in [6.07, 6.45) is 22.9. The van der Waals surface area contributed by atoms with Crippen molar-refractivity contribution >= 4 is 25.7 Å². The maximum absolute atomic E-state index is 12.3. The normalized spacial score (nSPS) is 12.2. The Hall–Kier alpha value is -1.48. The van der Waals surface area contributed by atoms with Gasteiger partial charge in [-0.15, -0.1) is 0 Å². The fourth-order valence-electron chi connectivity index (χ4n) is 4.81. The second-order valence-electron chi connectivity index (χ2n) is 11.6. The first-order valence-electron chi connectivity index (χ1n) is 16.9. The van der Waals surface area contributed by atoms with Crippen LogP contribution in [0.1, 0.15) is 162 Å². The molecule has 0 radical (unpaired) electrons. The van der Waals surface area contributed by atoms with Crippen molar-refractivity contribution in [3.05, 3.63) is 0 Å². The molecule has 0 aromatic heterocycles. The Bertz CT molecular complexity index is 744. The van der Waals surface area contributed by atoms with Crippen LogP contribution < -0.4 is 5.32 Å². The number of unbranched alkanes of at least 4 members (excludes halogenated alkanes) is 19. The number of phosphoric ester groups is 1. The molecule has 3 N–H and O–H groups in total. The van der Waals surface area contributed by atoms with Crippen LogP contribution in [-0.4, -0.2) is 53.5 Å².